The molecule has 0 bridgehead atoms. The number of benzene rings is 1. The highest BCUT2D eigenvalue weighted by molar-refractivity contribution is 5.93. The zero-order chi connectivity index (χ0) is 18.7. The summed E-state index contributed by atoms with van der Waals surface area (Å²) in [5, 5.41) is 7.20. The van der Waals surface area contributed by atoms with Gasteiger partial charge in [0.25, 0.3) is 5.91 Å². The van der Waals surface area contributed by atoms with Gasteiger partial charge in [-0.1, -0.05) is 17.7 Å². The van der Waals surface area contributed by atoms with E-state index < -0.39 is 0 Å². The van der Waals surface area contributed by atoms with Gasteiger partial charge in [0, 0.05) is 37.6 Å². The fraction of sp³-hybridized carbons (Fsp3) is 0.421. The van der Waals surface area contributed by atoms with E-state index in [1.54, 1.807) is 10.7 Å². The Labute approximate surface area is 153 Å². The molecule has 7 nitrogen and oxygen atoms in total. The molecule has 1 saturated heterocycles. The zero-order valence-corrected chi connectivity index (χ0v) is 15.5. The lowest BCUT2D eigenvalue weighted by molar-refractivity contribution is -0.116. The van der Waals surface area contributed by atoms with E-state index in [2.05, 4.69) is 15.3 Å². The van der Waals surface area contributed by atoms with Gasteiger partial charge in [-0.3, -0.25) is 14.3 Å². The molecule has 0 radical (unpaired) electrons. The van der Waals surface area contributed by atoms with Crippen LogP contribution in [-0.4, -0.2) is 64.6 Å². The van der Waals surface area contributed by atoms with Gasteiger partial charge in [-0.2, -0.15) is 5.10 Å². The van der Waals surface area contributed by atoms with Crippen LogP contribution in [-0.2, 0) is 11.3 Å². The number of rotatable bonds is 4. The van der Waals surface area contributed by atoms with Crippen LogP contribution in [0.3, 0.4) is 0 Å². The second-order valence-electron chi connectivity index (χ2n) is 6.84. The smallest absolute Gasteiger partial charge is 0.274 e. The highest BCUT2D eigenvalue weighted by Gasteiger charge is 2.23. The minimum atomic E-state index is -0.168. The molecular weight excluding hydrogens is 330 g/mol. The molecule has 26 heavy (non-hydrogen) atoms. The standard InChI is InChI=1S/C19H25N5O2/c1-14-4-6-16(7-5-14)20-18(25)13-24-15(2)12-17(21-24)19(26)23-10-8-22(3)9-11-23/h4-7,12H,8-11,13H2,1-3H3,(H,20,25). The van der Waals surface area contributed by atoms with Gasteiger partial charge in [0.15, 0.2) is 5.69 Å². The first-order valence-corrected chi connectivity index (χ1v) is 8.81. The lowest BCUT2D eigenvalue weighted by Gasteiger charge is -2.31. The van der Waals surface area contributed by atoms with Crippen molar-refractivity contribution in [1.82, 2.24) is 19.6 Å². The van der Waals surface area contributed by atoms with Crippen molar-refractivity contribution in [3.05, 3.63) is 47.3 Å². The number of likely N-dealkylation sites (N-methyl/N-ethyl adjacent to an activating group) is 1. The van der Waals surface area contributed by atoms with Crippen molar-refractivity contribution < 1.29 is 9.59 Å². The summed E-state index contributed by atoms with van der Waals surface area (Å²) in [5.74, 6) is -0.238. The Kier molecular flexibility index (Phi) is 5.37. The minimum absolute atomic E-state index is 0.0705. The van der Waals surface area contributed by atoms with Crippen LogP contribution in [0.1, 0.15) is 21.7 Å². The zero-order valence-electron chi connectivity index (χ0n) is 15.5. The van der Waals surface area contributed by atoms with Crippen molar-refractivity contribution in [1.29, 1.82) is 0 Å². The van der Waals surface area contributed by atoms with E-state index in [1.807, 2.05) is 50.1 Å². The maximum Gasteiger partial charge on any atom is 0.274 e. The molecule has 7 heteroatoms. The third-order valence-corrected chi connectivity index (χ3v) is 4.62. The summed E-state index contributed by atoms with van der Waals surface area (Å²) in [7, 11) is 2.05. The highest BCUT2D eigenvalue weighted by atomic mass is 16.2. The van der Waals surface area contributed by atoms with Gasteiger partial charge in [0.05, 0.1) is 0 Å². The van der Waals surface area contributed by atoms with E-state index in [9.17, 15) is 9.59 Å². The third-order valence-electron chi connectivity index (χ3n) is 4.62. The van der Waals surface area contributed by atoms with Crippen LogP contribution in [0.5, 0.6) is 0 Å². The van der Waals surface area contributed by atoms with Crippen molar-refractivity contribution in [2.75, 3.05) is 38.5 Å². The van der Waals surface area contributed by atoms with Crippen molar-refractivity contribution in [2.24, 2.45) is 0 Å². The number of piperazine rings is 1. The number of nitrogens with zero attached hydrogens (tertiary/aromatic N) is 4. The first-order chi connectivity index (χ1) is 12.4. The lowest BCUT2D eigenvalue weighted by Crippen LogP contribution is -2.47. The Morgan fingerprint density at radius 3 is 2.38 bits per heavy atom. The van der Waals surface area contributed by atoms with Crippen LogP contribution in [0.2, 0.25) is 0 Å². The van der Waals surface area contributed by atoms with E-state index in [-0.39, 0.29) is 18.4 Å². The predicted molar refractivity (Wildman–Crippen MR) is 100 cm³/mol. The summed E-state index contributed by atoms with van der Waals surface area (Å²) in [6, 6.07) is 9.38. The lowest BCUT2D eigenvalue weighted by atomic mass is 10.2. The van der Waals surface area contributed by atoms with E-state index in [0.29, 0.717) is 18.8 Å². The normalized spacial score (nSPS) is 15.1. The topological polar surface area (TPSA) is 70.5 Å². The van der Waals surface area contributed by atoms with Crippen LogP contribution >= 0.6 is 0 Å². The third kappa shape index (κ3) is 4.29. The van der Waals surface area contributed by atoms with Crippen LogP contribution in [0.25, 0.3) is 0 Å². The second-order valence-corrected chi connectivity index (χ2v) is 6.84. The van der Waals surface area contributed by atoms with Crippen molar-refractivity contribution in [3.8, 4) is 0 Å². The molecular formula is C19H25N5O2. The Balaban J connectivity index is 1.63. The quantitative estimate of drug-likeness (QED) is 0.903. The molecule has 0 atom stereocenters. The molecule has 0 spiro atoms. The van der Waals surface area contributed by atoms with Crippen LogP contribution < -0.4 is 5.32 Å². The Hall–Kier alpha value is -2.67. The van der Waals surface area contributed by atoms with Crippen LogP contribution in [0.15, 0.2) is 30.3 Å². The maximum atomic E-state index is 12.6. The van der Waals surface area contributed by atoms with Gasteiger partial charge >= 0.3 is 0 Å². The number of carbonyl (C=O) groups excluding carboxylic acids is 2. The minimum Gasteiger partial charge on any atom is -0.335 e. The number of aromatic nitrogens is 2. The molecule has 1 aliphatic rings. The Morgan fingerprint density at radius 1 is 1.08 bits per heavy atom. The molecule has 0 unspecified atom stereocenters. The van der Waals surface area contributed by atoms with Gasteiger partial charge in [-0.15, -0.1) is 0 Å². The molecule has 1 fully saturated rings. The summed E-state index contributed by atoms with van der Waals surface area (Å²) in [6.07, 6.45) is 0. The predicted octanol–water partition coefficient (Wildman–Crippen LogP) is 1.53. The molecule has 3 rings (SSSR count). The first-order valence-electron chi connectivity index (χ1n) is 8.81. The number of nitrogens with one attached hydrogen (secondary N) is 1. The average Bonchev–Trinajstić information content (AvgIpc) is 2.97. The fourth-order valence-electron chi connectivity index (χ4n) is 2.92. The number of anilines is 1. The highest BCUT2D eigenvalue weighted by Crippen LogP contribution is 2.11. The Bertz CT molecular complexity index is 789. The van der Waals surface area contributed by atoms with Gasteiger partial charge in [-0.05, 0) is 39.1 Å². The van der Waals surface area contributed by atoms with E-state index in [4.69, 9.17) is 0 Å². The molecule has 1 aromatic carbocycles. The van der Waals surface area contributed by atoms with Crippen LogP contribution in [0, 0.1) is 13.8 Å². The monoisotopic (exact) mass is 355 g/mol. The number of amides is 2. The van der Waals surface area contributed by atoms with E-state index in [0.717, 1.165) is 30.0 Å². The molecule has 1 N–H and O–H groups in total. The summed E-state index contributed by atoms with van der Waals surface area (Å²) >= 11 is 0. The van der Waals surface area contributed by atoms with Gasteiger partial charge in [-0.25, -0.2) is 0 Å². The van der Waals surface area contributed by atoms with Gasteiger partial charge < -0.3 is 15.1 Å². The van der Waals surface area contributed by atoms with Crippen molar-refractivity contribution in [3.63, 3.8) is 0 Å². The van der Waals surface area contributed by atoms with Crippen molar-refractivity contribution in [2.45, 2.75) is 20.4 Å². The molecule has 2 amide bonds. The van der Waals surface area contributed by atoms with E-state index in [1.165, 1.54) is 0 Å². The largest absolute Gasteiger partial charge is 0.335 e. The number of hydrogen-bond donors (Lipinski definition) is 1. The van der Waals surface area contributed by atoms with Gasteiger partial charge in [0.1, 0.15) is 6.54 Å². The molecule has 2 aromatic rings. The molecule has 2 heterocycles. The number of aryl methyl sites for hydroxylation is 2. The number of hydrogen-bond acceptors (Lipinski definition) is 4. The summed E-state index contributed by atoms with van der Waals surface area (Å²) < 4.78 is 1.58. The maximum absolute atomic E-state index is 12.6. The molecule has 1 aromatic heterocycles. The first kappa shape index (κ1) is 18.1. The van der Waals surface area contributed by atoms with Gasteiger partial charge in [0.2, 0.25) is 5.91 Å². The average molecular weight is 355 g/mol. The van der Waals surface area contributed by atoms with E-state index >= 15 is 0 Å². The summed E-state index contributed by atoms with van der Waals surface area (Å²) in [4.78, 5) is 28.9. The molecule has 0 saturated carbocycles. The SMILES string of the molecule is Cc1ccc(NC(=O)Cn2nc(C(=O)N3CCN(C)CC3)cc2C)cc1. The van der Waals surface area contributed by atoms with Crippen LogP contribution in [0.4, 0.5) is 5.69 Å². The molecule has 138 valence electrons. The molecule has 0 aliphatic carbocycles. The molecule has 1 aliphatic heterocycles. The second kappa shape index (κ2) is 7.70. The fourth-order valence-corrected chi connectivity index (χ4v) is 2.92. The Morgan fingerprint density at radius 2 is 1.73 bits per heavy atom. The summed E-state index contributed by atoms with van der Waals surface area (Å²) in [5.41, 5.74) is 3.08. The number of carbonyl (C=O) groups is 2. The summed E-state index contributed by atoms with van der Waals surface area (Å²) in [6.45, 7) is 7.07. The van der Waals surface area contributed by atoms with Crippen molar-refractivity contribution >= 4 is 17.5 Å².